The van der Waals surface area contributed by atoms with Crippen molar-refractivity contribution in [3.8, 4) is 32.5 Å². The molecule has 4 N–H and O–H groups in total. The average molecular weight is 973 g/mol. The zero-order valence-corrected chi connectivity index (χ0v) is 37.9. The Kier molecular flexibility index (Phi) is 12.7. The van der Waals surface area contributed by atoms with E-state index < -0.39 is 32.4 Å². The number of hydrogen-bond donors (Lipinski definition) is 4. The van der Waals surface area contributed by atoms with Crippen LogP contribution in [0.15, 0.2) is 56.9 Å². The van der Waals surface area contributed by atoms with Crippen molar-refractivity contribution in [2.24, 2.45) is 0 Å². The van der Waals surface area contributed by atoms with Crippen molar-refractivity contribution in [3.63, 3.8) is 0 Å². The second kappa shape index (κ2) is 17.4. The summed E-state index contributed by atoms with van der Waals surface area (Å²) >= 11 is 27.5. The fourth-order valence-electron chi connectivity index (χ4n) is 8.09. The first-order chi connectivity index (χ1) is 28.5. The Morgan fingerprint density at radius 2 is 0.967 bits per heavy atom. The Labute approximate surface area is 374 Å². The number of hydrogen-bond acceptors (Lipinski definition) is 10. The third kappa shape index (κ3) is 8.73. The van der Waals surface area contributed by atoms with Gasteiger partial charge in [-0.05, 0) is 98.2 Å². The van der Waals surface area contributed by atoms with Crippen molar-refractivity contribution in [1.29, 1.82) is 0 Å². The van der Waals surface area contributed by atoms with E-state index in [0.29, 0.717) is 103 Å². The number of halogens is 4. The Bertz CT molecular complexity index is 2660. The third-order valence-electron chi connectivity index (χ3n) is 10.9. The van der Waals surface area contributed by atoms with Crippen LogP contribution in [0.5, 0.6) is 0 Å². The van der Waals surface area contributed by atoms with Crippen LogP contribution in [0.1, 0.15) is 97.2 Å². The molecule has 4 heterocycles. The number of aliphatic hydroxyl groups excluding tert-OH is 2. The smallest absolute Gasteiger partial charge is 0.304 e. The number of unbranched alkanes of at least 4 members (excludes halogenated alkanes) is 5. The predicted octanol–water partition coefficient (Wildman–Crippen LogP) is 10.7. The minimum atomic E-state index is -4.42. The highest BCUT2D eigenvalue weighted by atomic mass is 35.5. The van der Waals surface area contributed by atoms with Crippen LogP contribution < -0.4 is 0 Å². The number of benzene rings is 2. The van der Waals surface area contributed by atoms with Crippen LogP contribution in [-0.4, -0.2) is 55.7 Å². The minimum absolute atomic E-state index is 0.155. The van der Waals surface area contributed by atoms with Crippen LogP contribution in [0.4, 0.5) is 0 Å². The van der Waals surface area contributed by atoms with Crippen LogP contribution in [0.25, 0.3) is 32.5 Å². The summed E-state index contributed by atoms with van der Waals surface area (Å²) in [5.41, 5.74) is 6.51. The van der Waals surface area contributed by atoms with Gasteiger partial charge in [-0.3, -0.25) is 9.11 Å². The molecule has 318 valence electrons. The summed E-state index contributed by atoms with van der Waals surface area (Å²) in [6.45, 7) is 0. The zero-order valence-electron chi connectivity index (χ0n) is 31.6. The molecule has 0 radical (unpaired) electrons. The first-order valence-electron chi connectivity index (χ1n) is 19.2. The van der Waals surface area contributed by atoms with Gasteiger partial charge < -0.3 is 10.2 Å². The van der Waals surface area contributed by atoms with E-state index in [2.05, 4.69) is 0 Å². The molecule has 4 aromatic heterocycles. The highest BCUT2D eigenvalue weighted by Gasteiger charge is 2.34. The lowest BCUT2D eigenvalue weighted by molar-refractivity contribution is 0.155. The maximum Gasteiger partial charge on any atom is 0.304 e. The molecule has 6 aromatic rings. The van der Waals surface area contributed by atoms with Crippen molar-refractivity contribution >= 4 is 89.3 Å². The summed E-state index contributed by atoms with van der Waals surface area (Å²) in [6, 6.07) is 13.0. The maximum atomic E-state index is 12.0. The highest BCUT2D eigenvalue weighted by Crippen LogP contribution is 2.47. The summed E-state index contributed by atoms with van der Waals surface area (Å²) < 4.78 is 70.7. The molecule has 60 heavy (non-hydrogen) atoms. The summed E-state index contributed by atoms with van der Waals surface area (Å²) in [4.78, 5) is 1.30. The Hall–Kier alpha value is -2.84. The van der Waals surface area contributed by atoms with E-state index in [1.165, 1.54) is 12.1 Å². The van der Waals surface area contributed by atoms with Crippen LogP contribution in [0.3, 0.4) is 0 Å². The van der Waals surface area contributed by atoms with Gasteiger partial charge in [-0.15, -0.1) is 22.7 Å². The van der Waals surface area contributed by atoms with E-state index in [1.54, 1.807) is 45.8 Å². The van der Waals surface area contributed by atoms with E-state index >= 15 is 0 Å². The van der Waals surface area contributed by atoms with Gasteiger partial charge in [0.05, 0.1) is 66.2 Å². The predicted molar refractivity (Wildman–Crippen MR) is 235 cm³/mol. The van der Waals surface area contributed by atoms with Crippen LogP contribution in [0, 0.1) is 0 Å². The molecule has 2 aliphatic rings. The third-order valence-corrected chi connectivity index (χ3v) is 17.0. The summed E-state index contributed by atoms with van der Waals surface area (Å²) in [7, 11) is -8.83. The molecule has 0 spiro atoms. The summed E-state index contributed by atoms with van der Waals surface area (Å²) in [6.07, 6.45) is 6.34. The van der Waals surface area contributed by atoms with Gasteiger partial charge in [0.2, 0.25) is 0 Å². The van der Waals surface area contributed by atoms with E-state index in [-0.39, 0.29) is 8.42 Å². The Morgan fingerprint density at radius 3 is 1.33 bits per heavy atom. The number of fused-ring (bicyclic) bond motifs is 6. The van der Waals surface area contributed by atoms with E-state index in [9.17, 15) is 36.2 Å². The fraction of sp³-hybridized carbons (Fsp3) is 0.350. The quantitative estimate of drug-likeness (QED) is 0.0570. The first-order valence-corrected chi connectivity index (χ1v) is 25.2. The number of aromatic nitrogens is 4. The molecule has 2 aliphatic carbocycles. The first kappa shape index (κ1) is 43.8. The molecule has 0 saturated carbocycles. The molecule has 0 bridgehead atoms. The summed E-state index contributed by atoms with van der Waals surface area (Å²) in [5.74, 6) is 0. The highest BCUT2D eigenvalue weighted by molar-refractivity contribution is 7.88. The van der Waals surface area contributed by atoms with Gasteiger partial charge in [-0.25, -0.2) is 9.36 Å². The fourth-order valence-corrected chi connectivity index (χ4v) is 13.0. The molecular weight excluding hydrogens is 935 g/mol. The van der Waals surface area contributed by atoms with Gasteiger partial charge in [0.15, 0.2) is 0 Å². The number of aryl methyl sites for hydroxylation is 2. The van der Waals surface area contributed by atoms with Gasteiger partial charge in [0.1, 0.15) is 8.42 Å². The largest absolute Gasteiger partial charge is 0.387 e. The Morgan fingerprint density at radius 1 is 0.583 bits per heavy atom. The van der Waals surface area contributed by atoms with Gasteiger partial charge in [-0.1, -0.05) is 84.9 Å². The van der Waals surface area contributed by atoms with E-state index in [4.69, 9.17) is 56.6 Å². The standard InChI is InChI=1S/C40H38Cl4N4O8S4/c41-23-11-15-29(27(43)19-23)47-37-25(13-9-21-17-33(57-39(21)37)59(51,52)53)35(45-47)31(49)7-5-3-1-2-4-6-8-32(50)36-26-14-10-22-18-34(60(54,55)56)58-40(22)38(26)48(46-36)30-16-12-24(42)20-28(30)44/h11-12,15-20,31-32,49-50H,1-10,13-14H2,(H,51,52,53)(H,54,55,56). The molecule has 2 unspecified atom stereocenters. The van der Waals surface area contributed by atoms with Crippen molar-refractivity contribution in [1.82, 2.24) is 19.6 Å². The van der Waals surface area contributed by atoms with Crippen molar-refractivity contribution in [2.45, 2.75) is 97.7 Å². The lowest BCUT2D eigenvalue weighted by atomic mass is 9.92. The molecule has 8 rings (SSSR count). The average Bonchev–Trinajstić information content (AvgIpc) is 3.98. The number of thiophene rings is 2. The normalized spacial score (nSPS) is 14.7. The lowest BCUT2D eigenvalue weighted by Crippen LogP contribution is -2.06. The van der Waals surface area contributed by atoms with Crippen molar-refractivity contribution in [2.75, 3.05) is 0 Å². The molecule has 0 saturated heterocycles. The van der Waals surface area contributed by atoms with E-state index in [1.807, 2.05) is 0 Å². The molecule has 0 amide bonds. The zero-order chi connectivity index (χ0) is 42.7. The van der Waals surface area contributed by atoms with Gasteiger partial charge in [-0.2, -0.15) is 27.0 Å². The molecule has 2 aromatic carbocycles. The van der Waals surface area contributed by atoms with E-state index in [0.717, 1.165) is 83.5 Å². The lowest BCUT2D eigenvalue weighted by Gasteiger charge is -2.17. The number of aliphatic hydroxyl groups is 2. The molecule has 2 atom stereocenters. The van der Waals surface area contributed by atoms with Crippen LogP contribution >= 0.6 is 69.1 Å². The van der Waals surface area contributed by atoms with Crippen molar-refractivity contribution in [3.05, 3.63) is 102 Å². The second-order valence-electron chi connectivity index (χ2n) is 15.0. The SMILES string of the molecule is O=S(=O)(O)c1cc2c(s1)-c1c(c(C(O)CCCCCCCCC(O)c3nn(-c4ccc(Cl)cc4Cl)c4c3CCc3cc(S(=O)(=O)O)sc3-4)nn1-c1ccc(Cl)cc1Cl)CC2. The second-order valence-corrected chi connectivity index (χ2v) is 22.0. The van der Waals surface area contributed by atoms with Gasteiger partial charge in [0, 0.05) is 21.2 Å². The monoisotopic (exact) mass is 970 g/mol. The molecule has 0 aliphatic heterocycles. The van der Waals surface area contributed by atoms with Gasteiger partial charge in [0.25, 0.3) is 0 Å². The maximum absolute atomic E-state index is 12.0. The molecular formula is C40H38Cl4N4O8S4. The van der Waals surface area contributed by atoms with Crippen LogP contribution in [0.2, 0.25) is 20.1 Å². The molecule has 20 heteroatoms. The number of rotatable bonds is 15. The van der Waals surface area contributed by atoms with Crippen molar-refractivity contribution < 1.29 is 36.2 Å². The Balaban J connectivity index is 0.903. The summed E-state index contributed by atoms with van der Waals surface area (Å²) in [5, 5.41) is 34.2. The molecule has 12 nitrogen and oxygen atoms in total. The molecule has 0 fully saturated rings. The van der Waals surface area contributed by atoms with Gasteiger partial charge >= 0.3 is 20.2 Å². The minimum Gasteiger partial charge on any atom is -0.387 e. The number of nitrogens with zero attached hydrogens (tertiary/aromatic N) is 4. The topological polar surface area (TPSA) is 185 Å². The van der Waals surface area contributed by atoms with Crippen LogP contribution in [-0.2, 0) is 45.9 Å².